The maximum atomic E-state index is 11.6. The van der Waals surface area contributed by atoms with E-state index in [9.17, 15) is 14.4 Å². The second kappa shape index (κ2) is 7.05. The zero-order valence-corrected chi connectivity index (χ0v) is 11.0. The third kappa shape index (κ3) is 5.23. The van der Waals surface area contributed by atoms with Crippen molar-refractivity contribution in [3.63, 3.8) is 0 Å². The van der Waals surface area contributed by atoms with Gasteiger partial charge in [0.1, 0.15) is 0 Å². The first-order valence-electron chi connectivity index (χ1n) is 6.18. The van der Waals surface area contributed by atoms with E-state index in [0.717, 1.165) is 0 Å². The molecule has 1 rings (SSSR count). The number of carbonyl (C=O) groups excluding carboxylic acids is 2. The van der Waals surface area contributed by atoms with Gasteiger partial charge < -0.3 is 15.7 Å². The predicted molar refractivity (Wildman–Crippen MR) is 67.5 cm³/mol. The van der Waals surface area contributed by atoms with Crippen LogP contribution in [0.4, 0.5) is 4.79 Å². The van der Waals surface area contributed by atoms with Gasteiger partial charge >= 0.3 is 12.0 Å². The summed E-state index contributed by atoms with van der Waals surface area (Å²) < 4.78 is 0. The number of nitrogens with two attached hydrogens (primary N) is 1. The lowest BCUT2D eigenvalue weighted by molar-refractivity contribution is -0.137. The molecular formula is C11H20N4O4. The fraction of sp³-hybridized carbons (Fsp3) is 0.727. The van der Waals surface area contributed by atoms with E-state index in [1.807, 2.05) is 9.80 Å². The Morgan fingerprint density at radius 1 is 1.26 bits per heavy atom. The van der Waals surface area contributed by atoms with Crippen LogP contribution in [0.25, 0.3) is 0 Å². The van der Waals surface area contributed by atoms with Crippen LogP contribution in [0.1, 0.15) is 13.3 Å². The molecule has 1 fully saturated rings. The summed E-state index contributed by atoms with van der Waals surface area (Å²) in [6.07, 6.45) is 0.123. The summed E-state index contributed by atoms with van der Waals surface area (Å²) in [6, 6.07) is -1.27. The Hall–Kier alpha value is -1.67. The highest BCUT2D eigenvalue weighted by molar-refractivity contribution is 5.96. The summed E-state index contributed by atoms with van der Waals surface area (Å²) in [4.78, 5) is 36.7. The van der Waals surface area contributed by atoms with Crippen LogP contribution < -0.4 is 11.1 Å². The van der Waals surface area contributed by atoms with Crippen molar-refractivity contribution in [2.45, 2.75) is 19.4 Å². The molecule has 19 heavy (non-hydrogen) atoms. The van der Waals surface area contributed by atoms with Gasteiger partial charge in [-0.2, -0.15) is 0 Å². The predicted octanol–water partition coefficient (Wildman–Crippen LogP) is -1.34. The first-order chi connectivity index (χ1) is 8.90. The summed E-state index contributed by atoms with van der Waals surface area (Å²) >= 11 is 0. The number of piperazine rings is 1. The van der Waals surface area contributed by atoms with Gasteiger partial charge in [-0.05, 0) is 6.92 Å². The minimum atomic E-state index is -0.850. The van der Waals surface area contributed by atoms with Crippen LogP contribution in [0.3, 0.4) is 0 Å². The molecule has 8 nitrogen and oxygen atoms in total. The molecule has 0 aromatic rings. The largest absolute Gasteiger partial charge is 0.481 e. The first-order valence-corrected chi connectivity index (χ1v) is 6.18. The quantitative estimate of drug-likeness (QED) is 0.570. The smallest absolute Gasteiger partial charge is 0.318 e. The SMILES string of the molecule is CC(C(=O)NC(N)=O)N1CCN(CCC(=O)O)CC1. The Bertz CT molecular complexity index is 353. The Morgan fingerprint density at radius 3 is 2.32 bits per heavy atom. The van der Waals surface area contributed by atoms with Crippen LogP contribution in [0, 0.1) is 0 Å². The standard InChI is InChI=1S/C11H20N4O4/c1-8(10(18)13-11(12)19)15-6-4-14(5-7-15)3-2-9(16)17/h8H,2-7H2,1H3,(H,16,17)(H3,12,13,18,19). The van der Waals surface area contributed by atoms with Crippen LogP contribution >= 0.6 is 0 Å². The maximum absolute atomic E-state index is 11.6. The average Bonchev–Trinajstić information content (AvgIpc) is 2.35. The third-order valence-electron chi connectivity index (χ3n) is 3.22. The average molecular weight is 272 g/mol. The monoisotopic (exact) mass is 272 g/mol. The molecule has 1 atom stereocenters. The van der Waals surface area contributed by atoms with E-state index in [0.29, 0.717) is 32.7 Å². The molecule has 0 radical (unpaired) electrons. The van der Waals surface area contributed by atoms with Crippen molar-refractivity contribution in [1.82, 2.24) is 15.1 Å². The molecule has 0 saturated carbocycles. The van der Waals surface area contributed by atoms with Gasteiger partial charge in [-0.25, -0.2) is 4.79 Å². The van der Waals surface area contributed by atoms with Gasteiger partial charge in [-0.3, -0.25) is 19.8 Å². The van der Waals surface area contributed by atoms with Crippen LogP contribution in [-0.2, 0) is 9.59 Å². The fourth-order valence-electron chi connectivity index (χ4n) is 2.02. The number of imide groups is 1. The van der Waals surface area contributed by atoms with Crippen molar-refractivity contribution in [1.29, 1.82) is 0 Å². The number of carboxylic acid groups (broad SMARTS) is 1. The Morgan fingerprint density at radius 2 is 1.84 bits per heavy atom. The lowest BCUT2D eigenvalue weighted by Crippen LogP contribution is -2.55. The number of aliphatic carboxylic acids is 1. The molecule has 4 N–H and O–H groups in total. The first kappa shape index (κ1) is 15.4. The van der Waals surface area contributed by atoms with Crippen molar-refractivity contribution in [2.24, 2.45) is 5.73 Å². The minimum absolute atomic E-state index is 0.123. The zero-order chi connectivity index (χ0) is 14.4. The van der Waals surface area contributed by atoms with Gasteiger partial charge in [-0.1, -0.05) is 0 Å². The van der Waals surface area contributed by atoms with E-state index in [2.05, 4.69) is 5.32 Å². The Labute approximate surface area is 111 Å². The molecule has 0 aromatic heterocycles. The van der Waals surface area contributed by atoms with Gasteiger partial charge in [0.25, 0.3) is 0 Å². The second-order valence-electron chi connectivity index (χ2n) is 4.55. The number of rotatable bonds is 5. The number of carboxylic acids is 1. The van der Waals surface area contributed by atoms with Gasteiger partial charge in [0.2, 0.25) is 5.91 Å². The highest BCUT2D eigenvalue weighted by atomic mass is 16.4. The van der Waals surface area contributed by atoms with Crippen molar-refractivity contribution in [3.8, 4) is 0 Å². The van der Waals surface area contributed by atoms with E-state index in [-0.39, 0.29) is 6.42 Å². The normalized spacial score (nSPS) is 18.8. The molecular weight excluding hydrogens is 252 g/mol. The minimum Gasteiger partial charge on any atom is -0.481 e. The van der Waals surface area contributed by atoms with Crippen LogP contribution in [0.15, 0.2) is 0 Å². The van der Waals surface area contributed by atoms with E-state index in [1.54, 1.807) is 6.92 Å². The summed E-state index contributed by atoms with van der Waals surface area (Å²) in [5.41, 5.74) is 4.90. The van der Waals surface area contributed by atoms with E-state index in [1.165, 1.54) is 0 Å². The number of nitrogens with zero attached hydrogens (tertiary/aromatic N) is 2. The molecule has 3 amide bonds. The zero-order valence-electron chi connectivity index (χ0n) is 11.0. The molecule has 1 heterocycles. The number of urea groups is 1. The number of carbonyl (C=O) groups is 3. The topological polar surface area (TPSA) is 116 Å². The number of hydrogen-bond donors (Lipinski definition) is 3. The molecule has 1 aliphatic rings. The molecule has 0 spiro atoms. The van der Waals surface area contributed by atoms with Crippen molar-refractivity contribution >= 4 is 17.9 Å². The number of nitrogens with one attached hydrogen (secondary N) is 1. The van der Waals surface area contributed by atoms with Crippen LogP contribution in [-0.4, -0.2) is 71.6 Å². The lowest BCUT2D eigenvalue weighted by Gasteiger charge is -2.37. The van der Waals surface area contributed by atoms with E-state index in [4.69, 9.17) is 10.8 Å². The molecule has 108 valence electrons. The van der Waals surface area contributed by atoms with E-state index < -0.39 is 23.9 Å². The molecule has 1 saturated heterocycles. The summed E-state index contributed by atoms with van der Waals surface area (Å²) in [6.45, 7) is 4.97. The number of amides is 3. The number of primary amides is 1. The van der Waals surface area contributed by atoms with Crippen LogP contribution in [0.2, 0.25) is 0 Å². The van der Waals surface area contributed by atoms with Crippen molar-refractivity contribution in [3.05, 3.63) is 0 Å². The molecule has 8 heteroatoms. The Kier molecular flexibility index (Phi) is 5.71. The summed E-state index contributed by atoms with van der Waals surface area (Å²) in [5.74, 6) is -1.22. The van der Waals surface area contributed by atoms with Crippen LogP contribution in [0.5, 0.6) is 0 Å². The lowest BCUT2D eigenvalue weighted by atomic mass is 10.2. The number of hydrogen-bond acceptors (Lipinski definition) is 5. The van der Waals surface area contributed by atoms with Crippen molar-refractivity contribution < 1.29 is 19.5 Å². The van der Waals surface area contributed by atoms with Gasteiger partial charge in [0, 0.05) is 32.7 Å². The summed E-state index contributed by atoms with van der Waals surface area (Å²) in [7, 11) is 0. The molecule has 1 unspecified atom stereocenters. The van der Waals surface area contributed by atoms with Crippen molar-refractivity contribution in [2.75, 3.05) is 32.7 Å². The second-order valence-corrected chi connectivity index (χ2v) is 4.55. The molecule has 0 aliphatic carbocycles. The highest BCUT2D eigenvalue weighted by Crippen LogP contribution is 2.07. The van der Waals surface area contributed by atoms with Gasteiger partial charge in [0.05, 0.1) is 12.5 Å². The molecule has 0 aromatic carbocycles. The van der Waals surface area contributed by atoms with E-state index >= 15 is 0 Å². The Balaban J connectivity index is 2.34. The maximum Gasteiger partial charge on any atom is 0.318 e. The third-order valence-corrected chi connectivity index (χ3v) is 3.22. The van der Waals surface area contributed by atoms with Gasteiger partial charge in [-0.15, -0.1) is 0 Å². The molecule has 1 aliphatic heterocycles. The van der Waals surface area contributed by atoms with Gasteiger partial charge in [0.15, 0.2) is 0 Å². The fourth-order valence-corrected chi connectivity index (χ4v) is 2.02. The summed E-state index contributed by atoms with van der Waals surface area (Å²) in [5, 5.41) is 10.7. The highest BCUT2D eigenvalue weighted by Gasteiger charge is 2.26. The molecule has 0 bridgehead atoms.